The van der Waals surface area contributed by atoms with Crippen molar-refractivity contribution < 1.29 is 14.3 Å². The minimum Gasteiger partial charge on any atom is -0.497 e. The lowest BCUT2D eigenvalue weighted by Gasteiger charge is -2.09. The number of carbonyl (C=O) groups excluding carboxylic acids is 2. The number of nitrogens with zero attached hydrogens (tertiary/aromatic N) is 1. The number of hydrogen-bond acceptors (Lipinski definition) is 5. The predicted molar refractivity (Wildman–Crippen MR) is 112 cm³/mol. The maximum atomic E-state index is 12.7. The summed E-state index contributed by atoms with van der Waals surface area (Å²) >= 11 is 1.38. The van der Waals surface area contributed by atoms with E-state index in [0.29, 0.717) is 22.8 Å². The molecule has 0 saturated carbocycles. The Morgan fingerprint density at radius 3 is 2.64 bits per heavy atom. The van der Waals surface area contributed by atoms with E-state index in [9.17, 15) is 9.59 Å². The Morgan fingerprint density at radius 1 is 1.21 bits per heavy atom. The third kappa shape index (κ3) is 4.72. The van der Waals surface area contributed by atoms with Crippen molar-refractivity contribution in [2.45, 2.75) is 37.1 Å². The Labute approximate surface area is 168 Å². The number of ketones is 1. The average molecular weight is 398 g/mol. The number of imidazole rings is 1. The Kier molecular flexibility index (Phi) is 6.36. The highest BCUT2D eigenvalue weighted by atomic mass is 32.2. The van der Waals surface area contributed by atoms with Gasteiger partial charge in [-0.05, 0) is 49.7 Å². The lowest BCUT2D eigenvalue weighted by atomic mass is 10.1. The smallest absolute Gasteiger partial charge is 0.224 e. The number of rotatable bonds is 8. The molecule has 0 saturated heterocycles. The van der Waals surface area contributed by atoms with E-state index in [1.807, 2.05) is 32.0 Å². The minimum atomic E-state index is -0.303. The fourth-order valence-corrected chi connectivity index (χ4v) is 3.67. The first kappa shape index (κ1) is 19.9. The Balaban J connectivity index is 1.66. The fourth-order valence-electron chi connectivity index (χ4n) is 2.77. The van der Waals surface area contributed by atoms with Crippen molar-refractivity contribution in [3.8, 4) is 5.75 Å². The number of anilines is 1. The van der Waals surface area contributed by atoms with Gasteiger partial charge in [0.05, 0.1) is 23.4 Å². The maximum Gasteiger partial charge on any atom is 0.224 e. The van der Waals surface area contributed by atoms with Gasteiger partial charge in [-0.3, -0.25) is 9.59 Å². The van der Waals surface area contributed by atoms with E-state index in [-0.39, 0.29) is 16.9 Å². The number of methoxy groups -OCH3 is 1. The van der Waals surface area contributed by atoms with E-state index < -0.39 is 0 Å². The molecule has 1 amide bonds. The summed E-state index contributed by atoms with van der Waals surface area (Å²) < 4.78 is 5.22. The van der Waals surface area contributed by atoms with Gasteiger partial charge in [0.25, 0.3) is 0 Å². The molecule has 3 rings (SSSR count). The Morgan fingerprint density at radius 2 is 1.96 bits per heavy atom. The van der Waals surface area contributed by atoms with Gasteiger partial charge in [-0.15, -0.1) is 0 Å². The Bertz CT molecular complexity index is 982. The molecule has 0 bridgehead atoms. The lowest BCUT2D eigenvalue weighted by molar-refractivity contribution is -0.116. The molecule has 2 N–H and O–H groups in total. The van der Waals surface area contributed by atoms with Gasteiger partial charge in [0.1, 0.15) is 5.75 Å². The molecule has 0 aliphatic rings. The van der Waals surface area contributed by atoms with Crippen molar-refractivity contribution >= 4 is 40.2 Å². The molecule has 1 aromatic heterocycles. The number of fused-ring (bicyclic) bond motifs is 1. The number of carbonyl (C=O) groups is 2. The van der Waals surface area contributed by atoms with Crippen LogP contribution in [0.2, 0.25) is 0 Å². The molecule has 6 nitrogen and oxygen atoms in total. The van der Waals surface area contributed by atoms with Crippen LogP contribution in [-0.2, 0) is 4.79 Å². The van der Waals surface area contributed by atoms with Gasteiger partial charge < -0.3 is 15.0 Å². The number of thioether (sulfide) groups is 1. The second-order valence-corrected chi connectivity index (χ2v) is 7.75. The molecule has 0 aliphatic heterocycles. The van der Waals surface area contributed by atoms with Gasteiger partial charge in [-0.2, -0.15) is 0 Å². The van der Waals surface area contributed by atoms with Crippen LogP contribution in [0, 0.1) is 0 Å². The average Bonchev–Trinajstić information content (AvgIpc) is 3.09. The summed E-state index contributed by atoms with van der Waals surface area (Å²) in [6.45, 7) is 3.82. The first-order valence-corrected chi connectivity index (χ1v) is 10.0. The molecular weight excluding hydrogens is 374 g/mol. The van der Waals surface area contributed by atoms with E-state index in [4.69, 9.17) is 4.74 Å². The molecule has 146 valence electrons. The lowest BCUT2D eigenvalue weighted by Crippen LogP contribution is -2.14. The highest BCUT2D eigenvalue weighted by molar-refractivity contribution is 8.00. The van der Waals surface area contributed by atoms with Gasteiger partial charge in [0.15, 0.2) is 10.9 Å². The van der Waals surface area contributed by atoms with E-state index in [1.54, 1.807) is 31.4 Å². The second kappa shape index (κ2) is 8.93. The number of aromatic nitrogens is 2. The molecule has 28 heavy (non-hydrogen) atoms. The fraction of sp³-hybridized carbons (Fsp3) is 0.286. The van der Waals surface area contributed by atoms with Gasteiger partial charge >= 0.3 is 0 Å². The number of ether oxygens (including phenoxy) is 1. The first-order valence-electron chi connectivity index (χ1n) is 9.14. The summed E-state index contributed by atoms with van der Waals surface area (Å²) in [5, 5.41) is 3.21. The van der Waals surface area contributed by atoms with E-state index in [0.717, 1.165) is 23.2 Å². The topological polar surface area (TPSA) is 84.1 Å². The zero-order chi connectivity index (χ0) is 20.1. The molecule has 3 aromatic rings. The molecule has 0 aliphatic carbocycles. The molecular formula is C21H23N3O3S. The van der Waals surface area contributed by atoms with Crippen LogP contribution in [-0.4, -0.2) is 34.0 Å². The summed E-state index contributed by atoms with van der Waals surface area (Å²) in [6, 6.07) is 12.6. The van der Waals surface area contributed by atoms with Crippen molar-refractivity contribution in [3.05, 3.63) is 48.0 Å². The highest BCUT2D eigenvalue weighted by Gasteiger charge is 2.18. The summed E-state index contributed by atoms with van der Waals surface area (Å²) in [4.78, 5) is 32.1. The molecule has 1 atom stereocenters. The third-order valence-electron chi connectivity index (χ3n) is 4.26. The Hall–Kier alpha value is -2.80. The first-order chi connectivity index (χ1) is 13.5. The maximum absolute atomic E-state index is 12.7. The number of hydrogen-bond donors (Lipinski definition) is 2. The molecule has 2 aromatic carbocycles. The highest BCUT2D eigenvalue weighted by Crippen LogP contribution is 2.27. The van der Waals surface area contributed by atoms with Gasteiger partial charge in [-0.1, -0.05) is 18.7 Å². The van der Waals surface area contributed by atoms with Crippen LogP contribution in [0.4, 0.5) is 5.69 Å². The largest absolute Gasteiger partial charge is 0.497 e. The van der Waals surface area contributed by atoms with Crippen molar-refractivity contribution in [3.63, 3.8) is 0 Å². The van der Waals surface area contributed by atoms with Crippen LogP contribution in [0.15, 0.2) is 47.6 Å². The van der Waals surface area contributed by atoms with Crippen LogP contribution >= 0.6 is 11.8 Å². The van der Waals surface area contributed by atoms with E-state index in [2.05, 4.69) is 15.3 Å². The SMILES string of the molecule is CCCC(=O)Nc1ccc(C(=O)C(C)Sc2nc3ccc(OC)cc3[nH]2)cc1. The number of H-pyrrole nitrogens is 1. The standard InChI is InChI=1S/C21H23N3O3S/c1-4-5-19(25)22-15-8-6-14(7-9-15)20(26)13(2)28-21-23-17-11-10-16(27-3)12-18(17)24-21/h6-13H,4-5H2,1-3H3,(H,22,25)(H,23,24). The van der Waals surface area contributed by atoms with Gasteiger partial charge in [0.2, 0.25) is 5.91 Å². The monoisotopic (exact) mass is 397 g/mol. The number of aromatic amines is 1. The molecule has 1 heterocycles. The van der Waals surface area contributed by atoms with Gasteiger partial charge in [0, 0.05) is 23.7 Å². The second-order valence-electron chi connectivity index (χ2n) is 6.42. The molecule has 7 heteroatoms. The molecule has 0 spiro atoms. The molecule has 0 radical (unpaired) electrons. The van der Waals surface area contributed by atoms with Crippen LogP contribution in [0.3, 0.4) is 0 Å². The minimum absolute atomic E-state index is 0.00877. The van der Waals surface area contributed by atoms with Crippen molar-refractivity contribution in [2.24, 2.45) is 0 Å². The summed E-state index contributed by atoms with van der Waals surface area (Å²) in [6.07, 6.45) is 1.28. The van der Waals surface area contributed by atoms with Crippen LogP contribution in [0.25, 0.3) is 11.0 Å². The van der Waals surface area contributed by atoms with Gasteiger partial charge in [-0.25, -0.2) is 4.98 Å². The molecule has 1 unspecified atom stereocenters. The number of Topliss-reactive ketones (excluding diaryl/α,β-unsaturated/α-hetero) is 1. The van der Waals surface area contributed by atoms with E-state index in [1.165, 1.54) is 11.8 Å². The van der Waals surface area contributed by atoms with Crippen LogP contribution < -0.4 is 10.1 Å². The van der Waals surface area contributed by atoms with Crippen LogP contribution in [0.1, 0.15) is 37.0 Å². The number of nitrogens with one attached hydrogen (secondary N) is 2. The zero-order valence-corrected chi connectivity index (χ0v) is 16.9. The van der Waals surface area contributed by atoms with E-state index >= 15 is 0 Å². The summed E-state index contributed by atoms with van der Waals surface area (Å²) in [5.41, 5.74) is 3.00. The third-order valence-corrected chi connectivity index (χ3v) is 5.24. The normalized spacial score (nSPS) is 12.0. The zero-order valence-electron chi connectivity index (χ0n) is 16.1. The van der Waals surface area contributed by atoms with Crippen molar-refractivity contribution in [1.29, 1.82) is 0 Å². The number of benzene rings is 2. The van der Waals surface area contributed by atoms with Crippen molar-refractivity contribution in [2.75, 3.05) is 12.4 Å². The number of amides is 1. The quantitative estimate of drug-likeness (QED) is 0.426. The van der Waals surface area contributed by atoms with Crippen LogP contribution in [0.5, 0.6) is 5.75 Å². The summed E-state index contributed by atoms with van der Waals surface area (Å²) in [5.74, 6) is 0.740. The van der Waals surface area contributed by atoms with Crippen molar-refractivity contribution in [1.82, 2.24) is 9.97 Å². The summed E-state index contributed by atoms with van der Waals surface area (Å²) in [7, 11) is 1.62. The molecule has 0 fully saturated rings. The predicted octanol–water partition coefficient (Wildman–Crippen LogP) is 4.67.